The molecule has 7 nitrogen and oxygen atoms in total. The number of nitrogens with zero attached hydrogens (tertiary/aromatic N) is 4. The number of aromatic nitrogens is 2. The van der Waals surface area contributed by atoms with Crippen LogP contribution in [0.5, 0.6) is 0 Å². The van der Waals surface area contributed by atoms with Crippen LogP contribution in [0.25, 0.3) is 11.0 Å². The summed E-state index contributed by atoms with van der Waals surface area (Å²) in [6, 6.07) is 8.20. The number of para-hydroxylation sites is 2. The van der Waals surface area contributed by atoms with Crippen LogP contribution in [0, 0.1) is 12.8 Å². The maximum Gasteiger partial charge on any atom is 0.243 e. The molecule has 0 saturated heterocycles. The fraction of sp³-hybridized carbons (Fsp3) is 0.550. The molecule has 1 amide bonds. The molecule has 1 heterocycles. The van der Waals surface area contributed by atoms with Gasteiger partial charge in [-0.2, -0.15) is 0 Å². The van der Waals surface area contributed by atoms with Crippen LogP contribution in [0.3, 0.4) is 0 Å². The minimum atomic E-state index is -0.0128. The van der Waals surface area contributed by atoms with Gasteiger partial charge in [-0.05, 0) is 31.4 Å². The molecule has 0 bridgehead atoms. The Labute approximate surface area is 185 Å². The van der Waals surface area contributed by atoms with Gasteiger partial charge in [0.25, 0.3) is 0 Å². The lowest BCUT2D eigenvalue weighted by molar-refractivity contribution is -0.127. The maximum absolute atomic E-state index is 11.8. The SMILES string of the molecule is Cc1nc2ccccc2n1CCCNC(=NCC(=O)N(C)C)NCC(C)C.I. The molecular weight excluding hydrogens is 467 g/mol. The Bertz CT molecular complexity index is 784. The predicted molar refractivity (Wildman–Crippen MR) is 126 cm³/mol. The number of aryl methyl sites for hydroxylation is 2. The predicted octanol–water partition coefficient (Wildman–Crippen LogP) is 2.63. The number of carbonyl (C=O) groups excluding carboxylic acids is 1. The number of halogens is 1. The number of guanidine groups is 1. The molecule has 1 aromatic carbocycles. The molecule has 0 aliphatic heterocycles. The minimum Gasteiger partial charge on any atom is -0.356 e. The Morgan fingerprint density at radius 2 is 1.96 bits per heavy atom. The van der Waals surface area contributed by atoms with Gasteiger partial charge in [-0.25, -0.2) is 9.98 Å². The van der Waals surface area contributed by atoms with Crippen molar-refractivity contribution in [2.45, 2.75) is 33.7 Å². The number of rotatable bonds is 8. The summed E-state index contributed by atoms with van der Waals surface area (Å²) >= 11 is 0. The van der Waals surface area contributed by atoms with Crippen molar-refractivity contribution in [3.05, 3.63) is 30.1 Å². The van der Waals surface area contributed by atoms with Crippen LogP contribution < -0.4 is 10.6 Å². The van der Waals surface area contributed by atoms with Gasteiger partial charge in [0.15, 0.2) is 5.96 Å². The Balaban J connectivity index is 0.00000392. The number of likely N-dealkylation sites (N-methyl/N-ethyl adjacent to an activating group) is 1. The van der Waals surface area contributed by atoms with Crippen LogP contribution in [0.15, 0.2) is 29.3 Å². The van der Waals surface area contributed by atoms with Crippen molar-refractivity contribution in [2.75, 3.05) is 33.7 Å². The van der Waals surface area contributed by atoms with E-state index in [-0.39, 0.29) is 36.4 Å². The van der Waals surface area contributed by atoms with E-state index in [9.17, 15) is 4.79 Å². The Kier molecular flexibility index (Phi) is 10.3. The van der Waals surface area contributed by atoms with Gasteiger partial charge in [-0.1, -0.05) is 26.0 Å². The van der Waals surface area contributed by atoms with Gasteiger partial charge in [-0.3, -0.25) is 4.79 Å². The number of amides is 1. The first-order chi connectivity index (χ1) is 12.9. The fourth-order valence-corrected chi connectivity index (χ4v) is 2.69. The first-order valence-corrected chi connectivity index (χ1v) is 9.52. The molecule has 2 rings (SSSR count). The first-order valence-electron chi connectivity index (χ1n) is 9.52. The molecule has 156 valence electrons. The smallest absolute Gasteiger partial charge is 0.243 e. The fourth-order valence-electron chi connectivity index (χ4n) is 2.69. The molecule has 2 N–H and O–H groups in total. The summed E-state index contributed by atoms with van der Waals surface area (Å²) in [5, 5.41) is 6.63. The van der Waals surface area contributed by atoms with Gasteiger partial charge in [0.05, 0.1) is 11.0 Å². The van der Waals surface area contributed by atoms with E-state index in [2.05, 4.69) is 45.1 Å². The minimum absolute atomic E-state index is 0. The van der Waals surface area contributed by atoms with Gasteiger partial charge < -0.3 is 20.1 Å². The van der Waals surface area contributed by atoms with Gasteiger partial charge >= 0.3 is 0 Å². The second-order valence-corrected chi connectivity index (χ2v) is 7.31. The van der Waals surface area contributed by atoms with E-state index in [1.807, 2.05) is 25.1 Å². The Morgan fingerprint density at radius 3 is 2.64 bits per heavy atom. The highest BCUT2D eigenvalue weighted by atomic mass is 127. The van der Waals surface area contributed by atoms with Crippen molar-refractivity contribution >= 4 is 46.9 Å². The Morgan fingerprint density at radius 1 is 1.25 bits per heavy atom. The molecular formula is C20H33IN6O. The standard InChI is InChI=1S/C20H32N6O.HI/c1-15(2)13-22-20(23-14-19(27)25(4)5)21-11-8-12-26-16(3)24-17-9-6-7-10-18(17)26;/h6-7,9-10,15H,8,11-14H2,1-5H3,(H2,21,22,23);1H. The highest BCUT2D eigenvalue weighted by molar-refractivity contribution is 14.0. The monoisotopic (exact) mass is 500 g/mol. The van der Waals surface area contributed by atoms with Crippen LogP contribution >= 0.6 is 24.0 Å². The number of hydrogen-bond donors (Lipinski definition) is 2. The molecule has 0 saturated carbocycles. The summed E-state index contributed by atoms with van der Waals surface area (Å²) < 4.78 is 2.24. The van der Waals surface area contributed by atoms with Crippen LogP contribution in [0.2, 0.25) is 0 Å². The number of aliphatic imine (C=N–C) groups is 1. The second-order valence-electron chi connectivity index (χ2n) is 7.31. The third-order valence-corrected chi connectivity index (χ3v) is 4.25. The average Bonchev–Trinajstić information content (AvgIpc) is 2.95. The molecule has 1 aromatic heterocycles. The van der Waals surface area contributed by atoms with Crippen molar-refractivity contribution in [1.82, 2.24) is 25.1 Å². The van der Waals surface area contributed by atoms with E-state index in [1.165, 1.54) is 5.52 Å². The third kappa shape index (κ3) is 7.29. The van der Waals surface area contributed by atoms with Crippen molar-refractivity contribution in [3.8, 4) is 0 Å². The zero-order valence-corrected chi connectivity index (χ0v) is 19.9. The van der Waals surface area contributed by atoms with Crippen LogP contribution in [-0.4, -0.2) is 60.0 Å². The zero-order chi connectivity index (χ0) is 19.8. The molecule has 0 unspecified atom stereocenters. The van der Waals surface area contributed by atoms with E-state index >= 15 is 0 Å². The number of hydrogen-bond acceptors (Lipinski definition) is 3. The topological polar surface area (TPSA) is 74.5 Å². The van der Waals surface area contributed by atoms with E-state index in [1.54, 1.807) is 19.0 Å². The molecule has 0 aliphatic carbocycles. The van der Waals surface area contributed by atoms with Crippen molar-refractivity contribution < 1.29 is 4.79 Å². The zero-order valence-electron chi connectivity index (χ0n) is 17.5. The van der Waals surface area contributed by atoms with E-state index in [0.29, 0.717) is 11.9 Å². The number of fused-ring (bicyclic) bond motifs is 1. The molecule has 0 atom stereocenters. The lowest BCUT2D eigenvalue weighted by atomic mass is 10.2. The lowest BCUT2D eigenvalue weighted by Gasteiger charge is -2.15. The summed E-state index contributed by atoms with van der Waals surface area (Å²) in [5.74, 6) is 2.20. The van der Waals surface area contributed by atoms with Gasteiger partial charge in [-0.15, -0.1) is 24.0 Å². The van der Waals surface area contributed by atoms with Crippen LogP contribution in [-0.2, 0) is 11.3 Å². The normalized spacial score (nSPS) is 11.4. The molecule has 0 aliphatic rings. The molecule has 28 heavy (non-hydrogen) atoms. The molecule has 2 aromatic rings. The quantitative estimate of drug-likeness (QED) is 0.253. The number of carbonyl (C=O) groups is 1. The summed E-state index contributed by atoms with van der Waals surface area (Å²) in [6.45, 7) is 8.93. The van der Waals surface area contributed by atoms with Gasteiger partial charge in [0, 0.05) is 33.7 Å². The van der Waals surface area contributed by atoms with Crippen molar-refractivity contribution in [2.24, 2.45) is 10.9 Å². The van der Waals surface area contributed by atoms with E-state index in [0.717, 1.165) is 37.4 Å². The highest BCUT2D eigenvalue weighted by Gasteiger charge is 2.07. The highest BCUT2D eigenvalue weighted by Crippen LogP contribution is 2.15. The van der Waals surface area contributed by atoms with E-state index < -0.39 is 0 Å². The van der Waals surface area contributed by atoms with Crippen molar-refractivity contribution in [3.63, 3.8) is 0 Å². The van der Waals surface area contributed by atoms with Crippen LogP contribution in [0.4, 0.5) is 0 Å². The van der Waals surface area contributed by atoms with Gasteiger partial charge in [0.1, 0.15) is 12.4 Å². The van der Waals surface area contributed by atoms with Crippen LogP contribution in [0.1, 0.15) is 26.1 Å². The number of nitrogens with one attached hydrogen (secondary N) is 2. The molecule has 0 fully saturated rings. The van der Waals surface area contributed by atoms with Gasteiger partial charge in [0.2, 0.25) is 5.91 Å². The number of imidazole rings is 1. The summed E-state index contributed by atoms with van der Waals surface area (Å²) in [6.07, 6.45) is 0.936. The van der Waals surface area contributed by atoms with E-state index in [4.69, 9.17) is 0 Å². The summed E-state index contributed by atoms with van der Waals surface area (Å²) in [5.41, 5.74) is 2.20. The summed E-state index contributed by atoms with van der Waals surface area (Å²) in [4.78, 5) is 22.3. The molecule has 8 heteroatoms. The Hall–Kier alpha value is -1.84. The second kappa shape index (κ2) is 11.9. The molecule has 0 radical (unpaired) electrons. The maximum atomic E-state index is 11.8. The number of benzene rings is 1. The molecule has 0 spiro atoms. The summed E-state index contributed by atoms with van der Waals surface area (Å²) in [7, 11) is 3.48. The van der Waals surface area contributed by atoms with Crippen molar-refractivity contribution in [1.29, 1.82) is 0 Å². The largest absolute Gasteiger partial charge is 0.356 e. The first kappa shape index (κ1) is 24.2. The third-order valence-electron chi connectivity index (χ3n) is 4.25. The lowest BCUT2D eigenvalue weighted by Crippen LogP contribution is -2.40. The average molecular weight is 500 g/mol.